The summed E-state index contributed by atoms with van der Waals surface area (Å²) in [6.07, 6.45) is 3.06. The lowest BCUT2D eigenvalue weighted by Crippen LogP contribution is -2.57. The van der Waals surface area contributed by atoms with Gasteiger partial charge in [0, 0.05) is 6.54 Å². The van der Waals surface area contributed by atoms with Crippen molar-refractivity contribution < 1.29 is 29.4 Å². The highest BCUT2D eigenvalue weighted by Gasteiger charge is 2.39. The molecule has 0 aromatic rings. The first-order valence-electron chi connectivity index (χ1n) is 11.0. The molecule has 0 spiro atoms. The van der Waals surface area contributed by atoms with Crippen LogP contribution in [-0.2, 0) is 19.2 Å². The molecule has 0 aromatic heterocycles. The lowest BCUT2D eigenvalue weighted by atomic mass is 10.1. The van der Waals surface area contributed by atoms with E-state index in [4.69, 9.17) is 5.73 Å². The monoisotopic (exact) mass is 441 g/mol. The van der Waals surface area contributed by atoms with Gasteiger partial charge in [-0.1, -0.05) is 0 Å². The number of carbonyl (C=O) groups is 4. The van der Waals surface area contributed by atoms with Crippen molar-refractivity contribution in [2.75, 3.05) is 19.6 Å². The maximum absolute atomic E-state index is 13.3. The Balaban J connectivity index is 2.08. The molecule has 5 atom stereocenters. The molecule has 3 amide bonds. The molecule has 176 valence electrons. The number of unbranched alkanes of at least 4 members (excludes halogenated alkanes) is 1. The van der Waals surface area contributed by atoms with Gasteiger partial charge in [0.05, 0.1) is 12.1 Å². The van der Waals surface area contributed by atoms with Gasteiger partial charge >= 0.3 is 5.97 Å². The Bertz CT molecular complexity index is 652. The predicted molar refractivity (Wildman–Crippen MR) is 112 cm³/mol. The molecular formula is C20H35N5O6. The van der Waals surface area contributed by atoms with E-state index in [2.05, 4.69) is 16.0 Å². The fraction of sp³-hybridized carbons (Fsp3) is 0.800. The quantitative estimate of drug-likeness (QED) is 0.206. The lowest BCUT2D eigenvalue weighted by molar-refractivity contribution is -0.147. The number of hydrogen-bond acceptors (Lipinski definition) is 7. The Labute approximate surface area is 182 Å². The number of aliphatic hydroxyl groups excluding tert-OH is 1. The molecule has 2 rings (SSSR count). The second-order valence-corrected chi connectivity index (χ2v) is 8.25. The van der Waals surface area contributed by atoms with E-state index in [9.17, 15) is 29.4 Å². The first-order chi connectivity index (χ1) is 14.8. The van der Waals surface area contributed by atoms with Gasteiger partial charge in [0.15, 0.2) is 6.04 Å². The van der Waals surface area contributed by atoms with Crippen LogP contribution in [0.25, 0.3) is 0 Å². The first kappa shape index (κ1) is 25.0. The second kappa shape index (κ2) is 12.0. The van der Waals surface area contributed by atoms with E-state index in [1.807, 2.05) is 0 Å². The van der Waals surface area contributed by atoms with Gasteiger partial charge in [-0.3, -0.25) is 14.4 Å². The highest BCUT2D eigenvalue weighted by atomic mass is 16.4. The maximum Gasteiger partial charge on any atom is 0.328 e. The third-order valence-corrected chi connectivity index (χ3v) is 5.82. The first-order valence-corrected chi connectivity index (χ1v) is 11.0. The van der Waals surface area contributed by atoms with Crippen molar-refractivity contribution in [3.8, 4) is 0 Å². The van der Waals surface area contributed by atoms with E-state index in [-0.39, 0.29) is 17.9 Å². The number of nitrogens with two attached hydrogens (primary N) is 1. The average Bonchev–Trinajstić information content (AvgIpc) is 3.42. The molecule has 11 heteroatoms. The fourth-order valence-electron chi connectivity index (χ4n) is 4.07. The van der Waals surface area contributed by atoms with Crippen LogP contribution >= 0.6 is 0 Å². The number of aliphatic hydroxyl groups is 1. The van der Waals surface area contributed by atoms with Crippen LogP contribution in [0, 0.1) is 0 Å². The molecule has 2 heterocycles. The summed E-state index contributed by atoms with van der Waals surface area (Å²) in [5.41, 5.74) is 5.56. The molecule has 0 bridgehead atoms. The van der Waals surface area contributed by atoms with E-state index in [1.165, 1.54) is 11.8 Å². The summed E-state index contributed by atoms with van der Waals surface area (Å²) in [5, 5.41) is 27.1. The molecule has 5 unspecified atom stereocenters. The molecular weight excluding hydrogens is 406 g/mol. The van der Waals surface area contributed by atoms with Gasteiger partial charge in [0.2, 0.25) is 17.7 Å². The zero-order valence-electron chi connectivity index (χ0n) is 18.0. The summed E-state index contributed by atoms with van der Waals surface area (Å²) in [4.78, 5) is 51.2. The Morgan fingerprint density at radius 3 is 2.45 bits per heavy atom. The number of likely N-dealkylation sites (tertiary alicyclic amines) is 1. The van der Waals surface area contributed by atoms with E-state index in [1.54, 1.807) is 0 Å². The second-order valence-electron chi connectivity index (χ2n) is 8.25. The topological polar surface area (TPSA) is 174 Å². The smallest absolute Gasteiger partial charge is 0.328 e. The van der Waals surface area contributed by atoms with Gasteiger partial charge in [0.25, 0.3) is 0 Å². The van der Waals surface area contributed by atoms with Crippen molar-refractivity contribution in [2.24, 2.45) is 5.73 Å². The molecule has 31 heavy (non-hydrogen) atoms. The Morgan fingerprint density at radius 2 is 1.87 bits per heavy atom. The minimum Gasteiger partial charge on any atom is -0.480 e. The van der Waals surface area contributed by atoms with Crippen LogP contribution in [0.4, 0.5) is 0 Å². The number of carbonyl (C=O) groups excluding carboxylic acids is 3. The number of hydrogen-bond donors (Lipinski definition) is 6. The van der Waals surface area contributed by atoms with Gasteiger partial charge in [-0.05, 0) is 65.0 Å². The van der Waals surface area contributed by atoms with E-state index in [0.29, 0.717) is 51.6 Å². The van der Waals surface area contributed by atoms with Gasteiger partial charge < -0.3 is 36.8 Å². The van der Waals surface area contributed by atoms with Crippen molar-refractivity contribution in [3.05, 3.63) is 0 Å². The zero-order chi connectivity index (χ0) is 23.0. The minimum absolute atomic E-state index is 0.233. The summed E-state index contributed by atoms with van der Waals surface area (Å²) in [5.74, 6) is -2.56. The standard InChI is InChI=1S/C20H35N5O6/c1-12(26)16(20(30)31)24-18(28)15-8-5-11-25(15)19(29)14(6-2-3-9-21)23-17(27)13-7-4-10-22-13/h12-16,22,26H,2-11,21H2,1H3,(H,23,27)(H,24,28)(H,30,31). The van der Waals surface area contributed by atoms with Crippen molar-refractivity contribution in [2.45, 2.75) is 82.1 Å². The van der Waals surface area contributed by atoms with Gasteiger partial charge in [-0.25, -0.2) is 4.79 Å². The number of nitrogens with one attached hydrogen (secondary N) is 3. The fourth-order valence-corrected chi connectivity index (χ4v) is 4.07. The Kier molecular flexibility index (Phi) is 9.66. The van der Waals surface area contributed by atoms with Crippen molar-refractivity contribution >= 4 is 23.7 Å². The summed E-state index contributed by atoms with van der Waals surface area (Å²) in [6, 6.07) is -3.41. The minimum atomic E-state index is -1.46. The van der Waals surface area contributed by atoms with Crippen LogP contribution in [0.5, 0.6) is 0 Å². The lowest BCUT2D eigenvalue weighted by Gasteiger charge is -2.30. The normalized spacial score (nSPS) is 23.8. The maximum atomic E-state index is 13.3. The Hall–Kier alpha value is -2.24. The average molecular weight is 442 g/mol. The summed E-state index contributed by atoms with van der Waals surface area (Å²) >= 11 is 0. The molecule has 0 aromatic carbocycles. The molecule has 0 radical (unpaired) electrons. The van der Waals surface area contributed by atoms with Crippen LogP contribution < -0.4 is 21.7 Å². The SMILES string of the molecule is CC(O)C(NC(=O)C1CCCN1C(=O)C(CCCCN)NC(=O)C1CCCN1)C(=O)O. The molecule has 2 aliphatic heterocycles. The number of carboxylic acids is 1. The van der Waals surface area contributed by atoms with Crippen molar-refractivity contribution in [3.63, 3.8) is 0 Å². The summed E-state index contributed by atoms with van der Waals surface area (Å²) in [6.45, 7) is 2.85. The van der Waals surface area contributed by atoms with Gasteiger partial charge in [-0.2, -0.15) is 0 Å². The molecule has 0 saturated carbocycles. The molecule has 7 N–H and O–H groups in total. The van der Waals surface area contributed by atoms with Gasteiger partial charge in [-0.15, -0.1) is 0 Å². The third-order valence-electron chi connectivity index (χ3n) is 5.82. The van der Waals surface area contributed by atoms with E-state index in [0.717, 1.165) is 13.0 Å². The van der Waals surface area contributed by atoms with Crippen LogP contribution in [0.1, 0.15) is 51.9 Å². The summed E-state index contributed by atoms with van der Waals surface area (Å²) in [7, 11) is 0. The van der Waals surface area contributed by atoms with Crippen molar-refractivity contribution in [1.82, 2.24) is 20.9 Å². The van der Waals surface area contributed by atoms with Crippen molar-refractivity contribution in [1.29, 1.82) is 0 Å². The number of amides is 3. The predicted octanol–water partition coefficient (Wildman–Crippen LogP) is -1.71. The van der Waals surface area contributed by atoms with Crippen LogP contribution in [-0.4, -0.2) is 88.7 Å². The highest BCUT2D eigenvalue weighted by molar-refractivity contribution is 5.94. The van der Waals surface area contributed by atoms with Crippen LogP contribution in [0.2, 0.25) is 0 Å². The van der Waals surface area contributed by atoms with E-state index < -0.39 is 36.1 Å². The van der Waals surface area contributed by atoms with E-state index >= 15 is 0 Å². The zero-order valence-corrected chi connectivity index (χ0v) is 18.0. The largest absolute Gasteiger partial charge is 0.480 e. The molecule has 2 fully saturated rings. The highest BCUT2D eigenvalue weighted by Crippen LogP contribution is 2.20. The number of rotatable bonds is 11. The van der Waals surface area contributed by atoms with Crippen LogP contribution in [0.15, 0.2) is 0 Å². The number of aliphatic carboxylic acids is 1. The third kappa shape index (κ3) is 6.88. The molecule has 0 aliphatic carbocycles. The molecule has 2 aliphatic rings. The number of carboxylic acid groups (broad SMARTS) is 1. The van der Waals surface area contributed by atoms with Gasteiger partial charge in [0.1, 0.15) is 12.1 Å². The number of nitrogens with zero attached hydrogens (tertiary/aromatic N) is 1. The molecule has 11 nitrogen and oxygen atoms in total. The molecule has 2 saturated heterocycles. The van der Waals surface area contributed by atoms with Crippen LogP contribution in [0.3, 0.4) is 0 Å². The Morgan fingerprint density at radius 1 is 1.13 bits per heavy atom. The summed E-state index contributed by atoms with van der Waals surface area (Å²) < 4.78 is 0.